The number of hydrogen-bond donors (Lipinski definition) is 1. The fraction of sp³-hybridized carbons (Fsp3) is 0.583. The van der Waals surface area contributed by atoms with E-state index in [0.29, 0.717) is 5.15 Å². The highest BCUT2D eigenvalue weighted by Gasteiger charge is 2.32. The van der Waals surface area contributed by atoms with Crippen LogP contribution >= 0.6 is 11.6 Å². The third-order valence-corrected chi connectivity index (χ3v) is 3.27. The molecule has 0 bridgehead atoms. The maximum absolute atomic E-state index is 5.84. The van der Waals surface area contributed by atoms with Crippen LogP contribution < -0.4 is 5.32 Å². The van der Waals surface area contributed by atoms with Gasteiger partial charge in [0.15, 0.2) is 0 Å². The maximum Gasteiger partial charge on any atom is 0.131 e. The van der Waals surface area contributed by atoms with Gasteiger partial charge in [0.25, 0.3) is 0 Å². The fourth-order valence-corrected chi connectivity index (χ4v) is 1.20. The Hall–Kier alpha value is -0.760. The van der Waals surface area contributed by atoms with Gasteiger partial charge in [-0.2, -0.15) is 0 Å². The second-order valence-electron chi connectivity index (χ2n) is 5.37. The number of pyridine rings is 1. The minimum absolute atomic E-state index is 0.00230. The molecule has 0 aliphatic carbocycles. The molecular formula is C12H19ClN2. The Morgan fingerprint density at radius 1 is 1.20 bits per heavy atom. The van der Waals surface area contributed by atoms with Crippen LogP contribution in [0.3, 0.4) is 0 Å². The minimum Gasteiger partial charge on any atom is -0.380 e. The molecule has 1 N–H and O–H groups in total. The quantitative estimate of drug-likeness (QED) is 0.772. The Bertz CT molecular complexity index is 340. The molecule has 0 saturated heterocycles. The van der Waals surface area contributed by atoms with Crippen molar-refractivity contribution in [3.05, 3.63) is 23.5 Å². The molecule has 0 aliphatic heterocycles. The van der Waals surface area contributed by atoms with E-state index in [4.69, 9.17) is 11.6 Å². The van der Waals surface area contributed by atoms with Gasteiger partial charge in [-0.1, -0.05) is 32.4 Å². The van der Waals surface area contributed by atoms with Crippen molar-refractivity contribution in [2.24, 2.45) is 5.41 Å². The van der Waals surface area contributed by atoms with E-state index in [1.54, 1.807) is 6.20 Å². The molecule has 15 heavy (non-hydrogen) atoms. The summed E-state index contributed by atoms with van der Waals surface area (Å²) in [7, 11) is 0. The molecule has 0 radical (unpaired) electrons. The largest absolute Gasteiger partial charge is 0.380 e. The zero-order valence-electron chi connectivity index (χ0n) is 10.1. The van der Waals surface area contributed by atoms with Crippen LogP contribution in [0.15, 0.2) is 18.3 Å². The van der Waals surface area contributed by atoms with Crippen LogP contribution in [0.5, 0.6) is 0 Å². The van der Waals surface area contributed by atoms with Crippen LogP contribution in [-0.4, -0.2) is 10.5 Å². The first kappa shape index (κ1) is 12.3. The summed E-state index contributed by atoms with van der Waals surface area (Å²) in [4.78, 5) is 3.96. The zero-order valence-corrected chi connectivity index (χ0v) is 10.8. The van der Waals surface area contributed by atoms with Crippen molar-refractivity contribution in [1.29, 1.82) is 0 Å². The predicted octanol–water partition coefficient (Wildman–Crippen LogP) is 3.97. The Morgan fingerprint density at radius 2 is 1.80 bits per heavy atom. The first-order valence-corrected chi connectivity index (χ1v) is 5.50. The highest BCUT2D eigenvalue weighted by atomic mass is 35.5. The van der Waals surface area contributed by atoms with E-state index < -0.39 is 0 Å². The van der Waals surface area contributed by atoms with Gasteiger partial charge in [0.1, 0.15) is 5.15 Å². The molecule has 0 unspecified atom stereocenters. The van der Waals surface area contributed by atoms with Gasteiger partial charge in [0.05, 0.1) is 0 Å². The van der Waals surface area contributed by atoms with Crippen molar-refractivity contribution in [3.8, 4) is 0 Å². The Balaban J connectivity index is 2.87. The summed E-state index contributed by atoms with van der Waals surface area (Å²) in [5, 5.41) is 3.99. The van der Waals surface area contributed by atoms with Crippen LogP contribution in [0.1, 0.15) is 34.6 Å². The lowest BCUT2D eigenvalue weighted by molar-refractivity contribution is 0.254. The second kappa shape index (κ2) is 4.01. The normalized spacial score (nSPS) is 12.7. The maximum atomic E-state index is 5.84. The van der Waals surface area contributed by atoms with Crippen molar-refractivity contribution in [2.75, 3.05) is 5.32 Å². The molecule has 0 fully saturated rings. The van der Waals surface area contributed by atoms with E-state index in [9.17, 15) is 0 Å². The highest BCUT2D eigenvalue weighted by Crippen LogP contribution is 2.33. The standard InChI is InChI=1S/C12H19ClN2/c1-11(2,3)12(4,5)15-9-6-7-14-10(13)8-9/h6-8H,1-5H3,(H,14,15). The predicted molar refractivity (Wildman–Crippen MR) is 66.4 cm³/mol. The third-order valence-electron chi connectivity index (χ3n) is 3.06. The van der Waals surface area contributed by atoms with E-state index >= 15 is 0 Å². The van der Waals surface area contributed by atoms with Crippen molar-refractivity contribution in [2.45, 2.75) is 40.2 Å². The van der Waals surface area contributed by atoms with Gasteiger partial charge in [-0.15, -0.1) is 0 Å². The molecule has 0 aromatic carbocycles. The summed E-state index contributed by atoms with van der Waals surface area (Å²) in [5.41, 5.74) is 1.18. The molecule has 1 heterocycles. The number of rotatable bonds is 2. The number of nitrogens with zero attached hydrogens (tertiary/aromatic N) is 1. The lowest BCUT2D eigenvalue weighted by Crippen LogP contribution is -2.44. The lowest BCUT2D eigenvalue weighted by atomic mass is 9.76. The summed E-state index contributed by atoms with van der Waals surface area (Å²) in [6, 6.07) is 3.77. The number of hydrogen-bond acceptors (Lipinski definition) is 2. The summed E-state index contributed by atoms with van der Waals surface area (Å²) in [6.07, 6.45) is 1.71. The molecular weight excluding hydrogens is 208 g/mol. The Kier molecular flexibility index (Phi) is 3.29. The van der Waals surface area contributed by atoms with Crippen molar-refractivity contribution >= 4 is 17.3 Å². The average Bonchev–Trinajstić information content (AvgIpc) is 2.00. The van der Waals surface area contributed by atoms with Gasteiger partial charge >= 0.3 is 0 Å². The summed E-state index contributed by atoms with van der Waals surface area (Å²) in [6.45, 7) is 11.0. The SMILES string of the molecule is CC(C)(C)C(C)(C)Nc1ccnc(Cl)c1. The van der Waals surface area contributed by atoms with E-state index in [1.807, 2.05) is 12.1 Å². The molecule has 3 heteroatoms. The van der Waals surface area contributed by atoms with Crippen molar-refractivity contribution in [3.63, 3.8) is 0 Å². The van der Waals surface area contributed by atoms with Gasteiger partial charge in [0.2, 0.25) is 0 Å². The first-order chi connectivity index (χ1) is 6.72. The molecule has 0 saturated carbocycles. The second-order valence-corrected chi connectivity index (χ2v) is 5.75. The van der Waals surface area contributed by atoms with E-state index in [1.165, 1.54) is 0 Å². The molecule has 84 valence electrons. The molecule has 2 nitrogen and oxygen atoms in total. The first-order valence-electron chi connectivity index (χ1n) is 5.12. The highest BCUT2D eigenvalue weighted by molar-refractivity contribution is 6.29. The molecule has 1 rings (SSSR count). The van der Waals surface area contributed by atoms with Gasteiger partial charge in [-0.3, -0.25) is 0 Å². The zero-order chi connectivity index (χ0) is 11.7. The summed E-state index contributed by atoms with van der Waals surface area (Å²) < 4.78 is 0. The molecule has 0 atom stereocenters. The van der Waals surface area contributed by atoms with E-state index in [0.717, 1.165) is 5.69 Å². The Morgan fingerprint density at radius 3 is 2.27 bits per heavy atom. The number of aromatic nitrogens is 1. The lowest BCUT2D eigenvalue weighted by Gasteiger charge is -2.40. The van der Waals surface area contributed by atoms with E-state index in [-0.39, 0.29) is 11.0 Å². The van der Waals surface area contributed by atoms with Crippen LogP contribution in [0.4, 0.5) is 5.69 Å². The Labute approximate surface area is 97.1 Å². The van der Waals surface area contributed by atoms with Crippen molar-refractivity contribution < 1.29 is 0 Å². The summed E-state index contributed by atoms with van der Waals surface area (Å²) >= 11 is 5.84. The molecule has 1 aromatic rings. The van der Waals surface area contributed by atoms with Gasteiger partial charge in [0, 0.05) is 17.4 Å². The van der Waals surface area contributed by atoms with Crippen LogP contribution in [0, 0.1) is 5.41 Å². The van der Waals surface area contributed by atoms with Crippen molar-refractivity contribution in [1.82, 2.24) is 4.98 Å². The minimum atomic E-state index is -0.00230. The van der Waals surface area contributed by atoms with Crippen LogP contribution in [-0.2, 0) is 0 Å². The average molecular weight is 227 g/mol. The topological polar surface area (TPSA) is 24.9 Å². The molecule has 1 aromatic heterocycles. The van der Waals surface area contributed by atoms with E-state index in [2.05, 4.69) is 44.9 Å². The fourth-order valence-electron chi connectivity index (χ4n) is 1.03. The molecule has 0 amide bonds. The van der Waals surface area contributed by atoms with Gasteiger partial charge in [-0.05, 0) is 31.4 Å². The smallest absolute Gasteiger partial charge is 0.131 e. The van der Waals surface area contributed by atoms with Crippen LogP contribution in [0.25, 0.3) is 0 Å². The molecule has 0 aliphatic rings. The van der Waals surface area contributed by atoms with Gasteiger partial charge < -0.3 is 5.32 Å². The van der Waals surface area contributed by atoms with Gasteiger partial charge in [-0.25, -0.2) is 4.98 Å². The molecule has 0 spiro atoms. The number of halogens is 1. The number of anilines is 1. The number of nitrogens with one attached hydrogen (secondary N) is 1. The third kappa shape index (κ3) is 3.10. The van der Waals surface area contributed by atoms with Crippen LogP contribution in [0.2, 0.25) is 5.15 Å². The summed E-state index contributed by atoms with van der Waals surface area (Å²) in [5.74, 6) is 0. The monoisotopic (exact) mass is 226 g/mol.